The number of carbonyl (C=O) groups is 1. The number of halogens is 2. The lowest BCUT2D eigenvalue weighted by molar-refractivity contribution is -0.112. The molecule has 92 valence electrons. The average Bonchev–Trinajstić information content (AvgIpc) is 2.35. The molecule has 0 aliphatic carbocycles. The molecule has 1 aliphatic rings. The van der Waals surface area contributed by atoms with Crippen molar-refractivity contribution in [3.05, 3.63) is 33.8 Å². The molecule has 1 heterocycles. The maximum atomic E-state index is 10.8. The summed E-state index contributed by atoms with van der Waals surface area (Å²) >= 11 is 12.1. The monoisotopic (exact) mass is 271 g/mol. The molecule has 17 heavy (non-hydrogen) atoms. The second-order valence-corrected chi connectivity index (χ2v) is 5.27. The highest BCUT2D eigenvalue weighted by Gasteiger charge is 2.20. The number of piperidine rings is 1. The largest absolute Gasteiger partial charge is 0.303 e. The fourth-order valence-electron chi connectivity index (χ4n) is 2.26. The summed E-state index contributed by atoms with van der Waals surface area (Å²) in [6.07, 6.45) is 3.14. The molecule has 0 N–H and O–H groups in total. The molecule has 1 aliphatic heterocycles. The molecule has 4 heteroatoms. The molecule has 0 saturated carbocycles. The van der Waals surface area contributed by atoms with Crippen molar-refractivity contribution in [2.24, 2.45) is 5.92 Å². The number of likely N-dealkylation sites (tertiary alicyclic amines) is 1. The quantitative estimate of drug-likeness (QED) is 0.786. The number of nitrogens with zero attached hydrogens (tertiary/aromatic N) is 1. The van der Waals surface area contributed by atoms with E-state index < -0.39 is 0 Å². The van der Waals surface area contributed by atoms with E-state index in [0.717, 1.165) is 44.3 Å². The van der Waals surface area contributed by atoms with E-state index >= 15 is 0 Å². The van der Waals surface area contributed by atoms with Crippen LogP contribution in [0.4, 0.5) is 0 Å². The van der Waals surface area contributed by atoms with Crippen molar-refractivity contribution in [1.82, 2.24) is 4.90 Å². The SMILES string of the molecule is O=CC1CCCN(Cc2cccc(Cl)c2Cl)C1. The zero-order chi connectivity index (χ0) is 12.3. The molecule has 1 fully saturated rings. The zero-order valence-corrected chi connectivity index (χ0v) is 11.0. The van der Waals surface area contributed by atoms with Gasteiger partial charge in [-0.15, -0.1) is 0 Å². The van der Waals surface area contributed by atoms with E-state index in [2.05, 4.69) is 4.90 Å². The van der Waals surface area contributed by atoms with Gasteiger partial charge in [0.15, 0.2) is 0 Å². The molecular formula is C13H15Cl2NO. The summed E-state index contributed by atoms with van der Waals surface area (Å²) in [6.45, 7) is 2.61. The van der Waals surface area contributed by atoms with Crippen LogP contribution < -0.4 is 0 Å². The van der Waals surface area contributed by atoms with Crippen molar-refractivity contribution in [1.29, 1.82) is 0 Å². The number of hydrogen-bond donors (Lipinski definition) is 0. The summed E-state index contributed by atoms with van der Waals surface area (Å²) in [4.78, 5) is 13.1. The minimum atomic E-state index is 0.168. The lowest BCUT2D eigenvalue weighted by Gasteiger charge is -2.30. The first-order valence-electron chi connectivity index (χ1n) is 5.81. The van der Waals surface area contributed by atoms with Crippen molar-refractivity contribution in [2.45, 2.75) is 19.4 Å². The van der Waals surface area contributed by atoms with E-state index in [9.17, 15) is 4.79 Å². The Bertz CT molecular complexity index is 408. The Morgan fingerprint density at radius 1 is 1.41 bits per heavy atom. The summed E-state index contributed by atoms with van der Waals surface area (Å²) < 4.78 is 0. The lowest BCUT2D eigenvalue weighted by Crippen LogP contribution is -2.35. The lowest BCUT2D eigenvalue weighted by atomic mass is 9.99. The molecule has 1 unspecified atom stereocenters. The van der Waals surface area contributed by atoms with Gasteiger partial charge in [-0.2, -0.15) is 0 Å². The summed E-state index contributed by atoms with van der Waals surface area (Å²) in [5.74, 6) is 0.168. The van der Waals surface area contributed by atoms with Gasteiger partial charge in [0.05, 0.1) is 10.0 Å². The molecule has 1 aromatic rings. The Kier molecular flexibility index (Phi) is 4.43. The number of aldehydes is 1. The van der Waals surface area contributed by atoms with Gasteiger partial charge in [0, 0.05) is 19.0 Å². The van der Waals surface area contributed by atoms with Crippen LogP contribution in [0.3, 0.4) is 0 Å². The van der Waals surface area contributed by atoms with Crippen molar-refractivity contribution in [3.63, 3.8) is 0 Å². The summed E-state index contributed by atoms with van der Waals surface area (Å²) in [6, 6.07) is 5.68. The fraction of sp³-hybridized carbons (Fsp3) is 0.462. The van der Waals surface area contributed by atoms with Crippen LogP contribution >= 0.6 is 23.2 Å². The zero-order valence-electron chi connectivity index (χ0n) is 9.53. The van der Waals surface area contributed by atoms with Gasteiger partial charge in [-0.25, -0.2) is 0 Å². The summed E-state index contributed by atoms with van der Waals surface area (Å²) in [7, 11) is 0. The van der Waals surface area contributed by atoms with Gasteiger partial charge >= 0.3 is 0 Å². The third kappa shape index (κ3) is 3.21. The predicted octanol–water partition coefficient (Wildman–Crippen LogP) is 3.40. The molecule has 1 saturated heterocycles. The molecule has 1 aromatic carbocycles. The van der Waals surface area contributed by atoms with Crippen molar-refractivity contribution in [2.75, 3.05) is 13.1 Å². The van der Waals surface area contributed by atoms with E-state index in [4.69, 9.17) is 23.2 Å². The molecule has 0 amide bonds. The topological polar surface area (TPSA) is 20.3 Å². The van der Waals surface area contributed by atoms with Crippen LogP contribution in [-0.2, 0) is 11.3 Å². The average molecular weight is 272 g/mol. The number of hydrogen-bond acceptors (Lipinski definition) is 2. The highest BCUT2D eigenvalue weighted by atomic mass is 35.5. The Morgan fingerprint density at radius 2 is 2.24 bits per heavy atom. The van der Waals surface area contributed by atoms with Crippen LogP contribution in [0.2, 0.25) is 10.0 Å². The van der Waals surface area contributed by atoms with Gasteiger partial charge in [-0.1, -0.05) is 35.3 Å². The van der Waals surface area contributed by atoms with Gasteiger partial charge in [-0.05, 0) is 31.0 Å². The van der Waals surface area contributed by atoms with Gasteiger partial charge in [0.25, 0.3) is 0 Å². The first-order valence-corrected chi connectivity index (χ1v) is 6.57. The Labute approximate surface area is 112 Å². The van der Waals surface area contributed by atoms with Gasteiger partial charge in [0.2, 0.25) is 0 Å². The van der Waals surface area contributed by atoms with Crippen molar-refractivity contribution < 1.29 is 4.79 Å². The molecular weight excluding hydrogens is 257 g/mol. The molecule has 0 aromatic heterocycles. The van der Waals surface area contributed by atoms with E-state index in [1.54, 1.807) is 6.07 Å². The van der Waals surface area contributed by atoms with Gasteiger partial charge in [-0.3, -0.25) is 4.90 Å². The minimum Gasteiger partial charge on any atom is -0.303 e. The highest BCUT2D eigenvalue weighted by molar-refractivity contribution is 6.42. The van der Waals surface area contributed by atoms with Crippen LogP contribution in [0.15, 0.2) is 18.2 Å². The summed E-state index contributed by atoms with van der Waals surface area (Å²) in [5.41, 5.74) is 1.03. The third-order valence-corrected chi connectivity index (χ3v) is 4.02. The molecule has 0 bridgehead atoms. The third-order valence-electron chi connectivity index (χ3n) is 3.16. The predicted molar refractivity (Wildman–Crippen MR) is 70.5 cm³/mol. The van der Waals surface area contributed by atoms with E-state index in [1.807, 2.05) is 12.1 Å². The van der Waals surface area contributed by atoms with E-state index in [-0.39, 0.29) is 5.92 Å². The second-order valence-electron chi connectivity index (χ2n) is 4.49. The van der Waals surface area contributed by atoms with Crippen LogP contribution in [0.5, 0.6) is 0 Å². The van der Waals surface area contributed by atoms with Gasteiger partial charge in [0.1, 0.15) is 6.29 Å². The Balaban J connectivity index is 2.05. The van der Waals surface area contributed by atoms with Crippen LogP contribution in [0.25, 0.3) is 0 Å². The molecule has 2 nitrogen and oxygen atoms in total. The molecule has 1 atom stereocenters. The molecule has 0 spiro atoms. The molecule has 0 radical (unpaired) electrons. The minimum absolute atomic E-state index is 0.168. The second kappa shape index (κ2) is 5.85. The first kappa shape index (κ1) is 12.9. The van der Waals surface area contributed by atoms with Crippen molar-refractivity contribution >= 4 is 29.5 Å². The maximum absolute atomic E-state index is 10.8. The first-order chi connectivity index (χ1) is 8.20. The van der Waals surface area contributed by atoms with Gasteiger partial charge < -0.3 is 4.79 Å². The van der Waals surface area contributed by atoms with E-state index in [0.29, 0.717) is 10.0 Å². The van der Waals surface area contributed by atoms with Crippen molar-refractivity contribution in [3.8, 4) is 0 Å². The van der Waals surface area contributed by atoms with Crippen LogP contribution in [0.1, 0.15) is 18.4 Å². The van der Waals surface area contributed by atoms with Crippen LogP contribution in [-0.4, -0.2) is 24.3 Å². The van der Waals surface area contributed by atoms with Crippen LogP contribution in [0, 0.1) is 5.92 Å². The molecule has 2 rings (SSSR count). The smallest absolute Gasteiger partial charge is 0.124 e. The number of carbonyl (C=O) groups excluding carboxylic acids is 1. The standard InChI is InChI=1S/C13H15Cl2NO/c14-12-5-1-4-11(13(12)15)8-16-6-2-3-10(7-16)9-17/h1,4-5,9-10H,2-3,6-8H2. The van der Waals surface area contributed by atoms with E-state index in [1.165, 1.54) is 0 Å². The Morgan fingerprint density at radius 3 is 3.00 bits per heavy atom. The number of rotatable bonds is 3. The fourth-order valence-corrected chi connectivity index (χ4v) is 2.64. The highest BCUT2D eigenvalue weighted by Crippen LogP contribution is 2.27. The Hall–Kier alpha value is -0.570. The number of benzene rings is 1. The normalized spacial score (nSPS) is 21.4. The summed E-state index contributed by atoms with van der Waals surface area (Å²) in [5, 5.41) is 1.22. The maximum Gasteiger partial charge on any atom is 0.124 e.